The molecule has 0 bridgehead atoms. The molecule has 0 saturated heterocycles. The van der Waals surface area contributed by atoms with Crippen molar-refractivity contribution in [3.63, 3.8) is 0 Å². The van der Waals surface area contributed by atoms with E-state index in [0.717, 1.165) is 0 Å². The molecule has 8 heteroatoms. The van der Waals surface area contributed by atoms with Gasteiger partial charge in [-0.1, -0.05) is 0 Å². The summed E-state index contributed by atoms with van der Waals surface area (Å²) in [6.07, 6.45) is 0.816. The largest absolute Gasteiger partial charge is 0.394 e. The highest BCUT2D eigenvalue weighted by Gasteiger charge is 1.90. The van der Waals surface area contributed by atoms with Crippen LogP contribution in [-0.4, -0.2) is 76.3 Å². The van der Waals surface area contributed by atoms with E-state index in [2.05, 4.69) is 0 Å². The minimum Gasteiger partial charge on any atom is -0.394 e. The monoisotopic (exact) mass is 318 g/mol. The maximum absolute atomic E-state index is 8.36. The molecule has 8 nitrogen and oxygen atoms in total. The first-order chi connectivity index (χ1) is 10.8. The number of nitrogens with zero attached hydrogens (tertiary/aromatic N) is 2. The summed E-state index contributed by atoms with van der Waals surface area (Å²) in [5.41, 5.74) is 0. The molecule has 0 spiro atoms. The van der Waals surface area contributed by atoms with Crippen LogP contribution in [0.1, 0.15) is 12.8 Å². The summed E-state index contributed by atoms with van der Waals surface area (Å²) in [5.74, 6) is 0. The van der Waals surface area contributed by atoms with Crippen LogP contribution in [-0.2, 0) is 18.9 Å². The molecular formula is C14H26N2O6. The van der Waals surface area contributed by atoms with Gasteiger partial charge in [0.15, 0.2) is 0 Å². The van der Waals surface area contributed by atoms with E-state index in [-0.39, 0.29) is 13.2 Å². The smallest absolute Gasteiger partial charge is 0.0701 e. The van der Waals surface area contributed by atoms with Crippen LogP contribution >= 0.6 is 0 Å². The molecule has 0 aromatic rings. The summed E-state index contributed by atoms with van der Waals surface area (Å²) in [5, 5.41) is 32.8. The second-order valence-corrected chi connectivity index (χ2v) is 3.71. The molecule has 0 heterocycles. The van der Waals surface area contributed by atoms with Gasteiger partial charge in [0.05, 0.1) is 91.0 Å². The van der Waals surface area contributed by atoms with Gasteiger partial charge in [-0.15, -0.1) is 0 Å². The zero-order valence-corrected chi connectivity index (χ0v) is 12.9. The van der Waals surface area contributed by atoms with Crippen LogP contribution in [0.5, 0.6) is 0 Å². The lowest BCUT2D eigenvalue weighted by Crippen LogP contribution is -2.11. The lowest BCUT2D eigenvalue weighted by molar-refractivity contribution is 0.00230. The van der Waals surface area contributed by atoms with Gasteiger partial charge in [0.2, 0.25) is 0 Å². The predicted molar refractivity (Wildman–Crippen MR) is 77.9 cm³/mol. The van der Waals surface area contributed by atoms with Crippen LogP contribution < -0.4 is 0 Å². The normalized spacial score (nSPS) is 9.45. The molecule has 0 fully saturated rings. The summed E-state index contributed by atoms with van der Waals surface area (Å²) in [6, 6.07) is 3.87. The second-order valence-electron chi connectivity index (χ2n) is 3.71. The van der Waals surface area contributed by atoms with E-state index in [0.29, 0.717) is 65.7 Å². The van der Waals surface area contributed by atoms with Crippen LogP contribution in [0.15, 0.2) is 0 Å². The van der Waals surface area contributed by atoms with Crippen molar-refractivity contribution in [2.75, 3.05) is 66.1 Å². The Morgan fingerprint density at radius 3 is 1.18 bits per heavy atom. The van der Waals surface area contributed by atoms with Crippen LogP contribution in [0, 0.1) is 22.7 Å². The third-order valence-electron chi connectivity index (χ3n) is 1.93. The summed E-state index contributed by atoms with van der Waals surface area (Å²) in [6.45, 7) is 3.65. The molecular weight excluding hydrogens is 292 g/mol. The molecule has 0 amide bonds. The number of rotatable bonds is 14. The van der Waals surface area contributed by atoms with Gasteiger partial charge in [0.25, 0.3) is 0 Å². The van der Waals surface area contributed by atoms with Crippen molar-refractivity contribution >= 4 is 0 Å². The molecule has 0 aromatic carbocycles. The number of aliphatic hydroxyl groups excluding tert-OH is 2. The fourth-order valence-electron chi connectivity index (χ4n) is 1.01. The Balaban J connectivity index is 0. The standard InChI is InChI=1S/C8H18O5.C6H8N2O/c9-1-3-11-5-7-13-8-6-12-4-2-10;7-3-1-5-9-6-2-4-8/h9-10H,1-8H2;1-2,5-6H2. The fraction of sp³-hybridized carbons (Fsp3) is 0.857. The summed E-state index contributed by atoms with van der Waals surface area (Å²) in [4.78, 5) is 0. The number of hydrogen-bond acceptors (Lipinski definition) is 8. The fourth-order valence-corrected chi connectivity index (χ4v) is 1.01. The minimum atomic E-state index is 0.0413. The maximum atomic E-state index is 8.36. The molecule has 0 aliphatic rings. The molecule has 0 aliphatic carbocycles. The summed E-state index contributed by atoms with van der Waals surface area (Å²) in [7, 11) is 0. The molecule has 22 heavy (non-hydrogen) atoms. The first-order valence-electron chi connectivity index (χ1n) is 7.10. The van der Waals surface area contributed by atoms with Crippen molar-refractivity contribution in [3.8, 4) is 12.1 Å². The van der Waals surface area contributed by atoms with Gasteiger partial charge in [0, 0.05) is 0 Å². The Labute approximate surface area is 131 Å². The van der Waals surface area contributed by atoms with E-state index in [1.807, 2.05) is 12.1 Å². The Hall–Kier alpha value is -1.26. The molecule has 0 aromatic heterocycles. The van der Waals surface area contributed by atoms with Crippen molar-refractivity contribution in [1.29, 1.82) is 10.5 Å². The van der Waals surface area contributed by atoms with Crippen LogP contribution in [0.2, 0.25) is 0 Å². The summed E-state index contributed by atoms with van der Waals surface area (Å²) >= 11 is 0. The Bertz CT molecular complexity index is 251. The average Bonchev–Trinajstić information content (AvgIpc) is 2.54. The molecule has 128 valence electrons. The second kappa shape index (κ2) is 24.7. The van der Waals surface area contributed by atoms with E-state index in [4.69, 9.17) is 39.7 Å². The average molecular weight is 318 g/mol. The lowest BCUT2D eigenvalue weighted by Gasteiger charge is -2.04. The molecule has 0 saturated carbocycles. The van der Waals surface area contributed by atoms with Crippen molar-refractivity contribution in [2.45, 2.75) is 12.8 Å². The molecule has 0 radical (unpaired) electrons. The van der Waals surface area contributed by atoms with Gasteiger partial charge in [-0.3, -0.25) is 0 Å². The molecule has 0 unspecified atom stereocenters. The van der Waals surface area contributed by atoms with Crippen LogP contribution in [0.25, 0.3) is 0 Å². The predicted octanol–water partition coefficient (Wildman–Crippen LogP) is -0.149. The topological polar surface area (TPSA) is 125 Å². The third-order valence-corrected chi connectivity index (χ3v) is 1.93. The Morgan fingerprint density at radius 1 is 0.545 bits per heavy atom. The quantitative estimate of drug-likeness (QED) is 0.424. The van der Waals surface area contributed by atoms with Crippen LogP contribution in [0.3, 0.4) is 0 Å². The van der Waals surface area contributed by atoms with Gasteiger partial charge in [-0.2, -0.15) is 10.5 Å². The molecule has 0 rings (SSSR count). The molecule has 0 atom stereocenters. The zero-order chi connectivity index (χ0) is 16.7. The van der Waals surface area contributed by atoms with E-state index in [9.17, 15) is 0 Å². The van der Waals surface area contributed by atoms with Crippen molar-refractivity contribution in [1.82, 2.24) is 0 Å². The summed E-state index contributed by atoms with van der Waals surface area (Å²) < 4.78 is 19.9. The highest BCUT2D eigenvalue weighted by Crippen LogP contribution is 1.82. The van der Waals surface area contributed by atoms with E-state index in [1.54, 1.807) is 0 Å². The van der Waals surface area contributed by atoms with Crippen LogP contribution in [0.4, 0.5) is 0 Å². The third kappa shape index (κ3) is 27.1. The SMILES string of the molecule is N#CCCOCCC#N.OCCOCCOCCOCCO. The van der Waals surface area contributed by atoms with Gasteiger partial charge in [-0.25, -0.2) is 0 Å². The zero-order valence-electron chi connectivity index (χ0n) is 12.9. The highest BCUT2D eigenvalue weighted by molar-refractivity contribution is 4.69. The Morgan fingerprint density at radius 2 is 0.864 bits per heavy atom. The lowest BCUT2D eigenvalue weighted by atomic mass is 10.5. The first-order valence-corrected chi connectivity index (χ1v) is 7.10. The van der Waals surface area contributed by atoms with Crippen molar-refractivity contribution in [2.24, 2.45) is 0 Å². The minimum absolute atomic E-state index is 0.0413. The number of ether oxygens (including phenoxy) is 4. The maximum Gasteiger partial charge on any atom is 0.0701 e. The molecule has 0 aliphatic heterocycles. The van der Waals surface area contributed by atoms with E-state index >= 15 is 0 Å². The molecule has 2 N–H and O–H groups in total. The highest BCUT2D eigenvalue weighted by atomic mass is 16.5. The van der Waals surface area contributed by atoms with E-state index in [1.165, 1.54) is 0 Å². The van der Waals surface area contributed by atoms with Gasteiger partial charge in [0.1, 0.15) is 0 Å². The number of nitriles is 2. The number of aliphatic hydroxyl groups is 2. The van der Waals surface area contributed by atoms with Crippen molar-refractivity contribution in [3.05, 3.63) is 0 Å². The van der Waals surface area contributed by atoms with E-state index < -0.39 is 0 Å². The Kier molecular flexibility index (Phi) is 25.9. The van der Waals surface area contributed by atoms with Gasteiger partial charge >= 0.3 is 0 Å². The van der Waals surface area contributed by atoms with Gasteiger partial charge in [-0.05, 0) is 0 Å². The first kappa shape index (κ1) is 23.0. The van der Waals surface area contributed by atoms with Gasteiger partial charge < -0.3 is 29.2 Å². The van der Waals surface area contributed by atoms with Crippen molar-refractivity contribution < 1.29 is 29.2 Å². The number of hydrogen-bond donors (Lipinski definition) is 2.